The quantitative estimate of drug-likeness (QED) is 0.481. The van der Waals surface area contributed by atoms with Crippen LogP contribution in [0.15, 0.2) is 80.1 Å². The molecule has 0 saturated heterocycles. The second-order valence-electron chi connectivity index (χ2n) is 6.31. The minimum Gasteiger partial charge on any atom is -0.323 e. The van der Waals surface area contributed by atoms with Crippen LogP contribution in [0.5, 0.6) is 0 Å². The number of fused-ring (bicyclic) bond motifs is 1. The number of aromatic nitrogens is 4. The van der Waals surface area contributed by atoms with E-state index in [1.54, 1.807) is 18.5 Å². The first-order valence-corrected chi connectivity index (χ1v) is 10.4. The molecule has 0 aliphatic heterocycles. The largest absolute Gasteiger partial charge is 0.350 e. The molecule has 0 spiro atoms. The smallest absolute Gasteiger partial charge is 0.323 e. The second kappa shape index (κ2) is 8.22. The summed E-state index contributed by atoms with van der Waals surface area (Å²) in [6.07, 6.45) is 3.10. The molecule has 29 heavy (non-hydrogen) atoms. The maximum Gasteiger partial charge on any atom is 0.350 e. The van der Waals surface area contributed by atoms with E-state index < -0.39 is 5.69 Å². The topological polar surface area (TPSA) is 81.3 Å². The van der Waals surface area contributed by atoms with Crippen LogP contribution in [0.1, 0.15) is 5.56 Å². The molecule has 4 aromatic rings. The summed E-state index contributed by atoms with van der Waals surface area (Å²) in [5.74, 6) is -0.344. The van der Waals surface area contributed by atoms with Gasteiger partial charge in [0.05, 0.1) is 5.69 Å². The van der Waals surface area contributed by atoms with Gasteiger partial charge in [0, 0.05) is 21.8 Å². The normalized spacial score (nSPS) is 11.0. The van der Waals surface area contributed by atoms with Crippen molar-refractivity contribution in [2.75, 3.05) is 5.32 Å². The Labute approximate surface area is 178 Å². The Kier molecular flexibility index (Phi) is 5.50. The molecule has 2 heterocycles. The highest BCUT2D eigenvalue weighted by Gasteiger charge is 2.15. The van der Waals surface area contributed by atoms with Gasteiger partial charge >= 0.3 is 5.69 Å². The Morgan fingerprint density at radius 2 is 2.03 bits per heavy atom. The molecular formula is C20H16BrN5O2S. The average Bonchev–Trinajstić information content (AvgIpc) is 3.00. The monoisotopic (exact) mass is 469 g/mol. The predicted molar refractivity (Wildman–Crippen MR) is 115 cm³/mol. The number of para-hydroxylation sites is 1. The molecule has 2 aromatic carbocycles. The number of anilines is 1. The zero-order valence-corrected chi connectivity index (χ0v) is 17.8. The number of nitrogens with zero attached hydrogens (tertiary/aromatic N) is 4. The Hall–Kier alpha value is -2.91. The van der Waals surface area contributed by atoms with Crippen molar-refractivity contribution in [2.24, 2.45) is 0 Å². The molecule has 0 aliphatic rings. The van der Waals surface area contributed by atoms with Crippen LogP contribution in [0.25, 0.3) is 5.65 Å². The standard InChI is InChI=1S/C20H16BrN5O2S/c1-13-5-4-6-14(11-13)29-19-18-24-26(20(28)25(18)10-9-22-19)12-17(27)23-16-8-3-2-7-15(16)21/h2-11H,12H2,1H3,(H,23,27). The Bertz CT molecular complexity index is 1270. The van der Waals surface area contributed by atoms with E-state index in [1.165, 1.54) is 16.2 Å². The van der Waals surface area contributed by atoms with Gasteiger partial charge in [-0.05, 0) is 47.1 Å². The molecule has 1 amide bonds. The van der Waals surface area contributed by atoms with Gasteiger partial charge in [-0.15, -0.1) is 5.10 Å². The lowest BCUT2D eigenvalue weighted by Gasteiger charge is -2.06. The van der Waals surface area contributed by atoms with Gasteiger partial charge in [-0.3, -0.25) is 4.79 Å². The lowest BCUT2D eigenvalue weighted by molar-refractivity contribution is -0.117. The maximum atomic E-state index is 12.7. The van der Waals surface area contributed by atoms with Gasteiger partial charge in [-0.2, -0.15) is 0 Å². The van der Waals surface area contributed by atoms with E-state index in [0.717, 1.165) is 19.6 Å². The molecule has 0 unspecified atom stereocenters. The maximum absolute atomic E-state index is 12.7. The third-order valence-corrected chi connectivity index (χ3v) is 5.78. The van der Waals surface area contributed by atoms with E-state index in [2.05, 4.69) is 31.3 Å². The van der Waals surface area contributed by atoms with Crippen molar-refractivity contribution in [2.45, 2.75) is 23.4 Å². The number of amides is 1. The van der Waals surface area contributed by atoms with Crippen LogP contribution in [0.2, 0.25) is 0 Å². The number of nitrogens with one attached hydrogen (secondary N) is 1. The minimum absolute atomic E-state index is 0.198. The van der Waals surface area contributed by atoms with Crippen molar-refractivity contribution in [1.29, 1.82) is 0 Å². The lowest BCUT2D eigenvalue weighted by Crippen LogP contribution is -2.28. The van der Waals surface area contributed by atoms with Crippen LogP contribution in [-0.4, -0.2) is 25.1 Å². The molecule has 146 valence electrons. The van der Waals surface area contributed by atoms with Crippen molar-refractivity contribution in [3.63, 3.8) is 0 Å². The van der Waals surface area contributed by atoms with E-state index >= 15 is 0 Å². The first-order chi connectivity index (χ1) is 14.0. The Morgan fingerprint density at radius 3 is 2.83 bits per heavy atom. The van der Waals surface area contributed by atoms with Gasteiger partial charge in [-0.1, -0.05) is 41.6 Å². The van der Waals surface area contributed by atoms with Gasteiger partial charge in [0.2, 0.25) is 5.91 Å². The number of halogens is 1. The molecule has 0 saturated carbocycles. The highest BCUT2D eigenvalue weighted by atomic mass is 79.9. The van der Waals surface area contributed by atoms with Gasteiger partial charge in [0.15, 0.2) is 5.65 Å². The number of hydrogen-bond acceptors (Lipinski definition) is 5. The fraction of sp³-hybridized carbons (Fsp3) is 0.100. The minimum atomic E-state index is -0.393. The zero-order chi connectivity index (χ0) is 20.4. The first-order valence-electron chi connectivity index (χ1n) is 8.74. The van der Waals surface area contributed by atoms with Crippen LogP contribution < -0.4 is 11.0 Å². The highest BCUT2D eigenvalue weighted by molar-refractivity contribution is 9.10. The van der Waals surface area contributed by atoms with Gasteiger partial charge < -0.3 is 5.32 Å². The predicted octanol–water partition coefficient (Wildman–Crippen LogP) is 3.75. The highest BCUT2D eigenvalue weighted by Crippen LogP contribution is 2.28. The molecule has 4 rings (SSSR count). The van der Waals surface area contributed by atoms with Crippen LogP contribution in [0, 0.1) is 6.92 Å². The van der Waals surface area contributed by atoms with Crippen molar-refractivity contribution >= 4 is 44.9 Å². The number of benzene rings is 2. The Balaban J connectivity index is 1.61. The number of carbonyl (C=O) groups is 1. The van der Waals surface area contributed by atoms with E-state index in [1.807, 2.05) is 49.4 Å². The fourth-order valence-electron chi connectivity index (χ4n) is 2.78. The number of rotatable bonds is 5. The van der Waals surface area contributed by atoms with Crippen LogP contribution >= 0.6 is 27.7 Å². The second-order valence-corrected chi connectivity index (χ2v) is 8.23. The SMILES string of the molecule is Cc1cccc(Sc2nccn3c(=O)n(CC(=O)Nc4ccccc4Br)nc23)c1. The number of hydrogen-bond donors (Lipinski definition) is 1. The number of aryl methyl sites for hydroxylation is 1. The molecular weight excluding hydrogens is 454 g/mol. The molecule has 0 aliphatic carbocycles. The van der Waals surface area contributed by atoms with Crippen molar-refractivity contribution in [3.8, 4) is 0 Å². The molecule has 0 fully saturated rings. The summed E-state index contributed by atoms with van der Waals surface area (Å²) in [7, 11) is 0. The van der Waals surface area contributed by atoms with Crippen molar-refractivity contribution in [1.82, 2.24) is 19.2 Å². The molecule has 1 N–H and O–H groups in total. The summed E-state index contributed by atoms with van der Waals surface area (Å²) in [4.78, 5) is 30.5. The van der Waals surface area contributed by atoms with E-state index in [0.29, 0.717) is 16.4 Å². The van der Waals surface area contributed by atoms with Gasteiger partial charge in [-0.25, -0.2) is 18.9 Å². The summed E-state index contributed by atoms with van der Waals surface area (Å²) < 4.78 is 3.30. The third-order valence-electron chi connectivity index (χ3n) is 4.11. The molecule has 2 aromatic heterocycles. The van der Waals surface area contributed by atoms with Crippen LogP contribution in [0.4, 0.5) is 5.69 Å². The average molecular weight is 470 g/mol. The molecule has 0 radical (unpaired) electrons. The summed E-state index contributed by atoms with van der Waals surface area (Å²) in [6, 6.07) is 15.3. The lowest BCUT2D eigenvalue weighted by atomic mass is 10.2. The summed E-state index contributed by atoms with van der Waals surface area (Å²) in [6.45, 7) is 1.82. The summed E-state index contributed by atoms with van der Waals surface area (Å²) in [5.41, 5.74) is 1.79. The molecule has 7 nitrogen and oxygen atoms in total. The van der Waals surface area contributed by atoms with Gasteiger partial charge in [0.25, 0.3) is 0 Å². The Morgan fingerprint density at radius 1 is 1.21 bits per heavy atom. The molecule has 9 heteroatoms. The van der Waals surface area contributed by atoms with E-state index in [9.17, 15) is 9.59 Å². The summed E-state index contributed by atoms with van der Waals surface area (Å²) in [5, 5.41) is 7.72. The van der Waals surface area contributed by atoms with Crippen LogP contribution in [-0.2, 0) is 11.3 Å². The molecule has 0 atom stereocenters. The summed E-state index contributed by atoms with van der Waals surface area (Å²) >= 11 is 4.81. The van der Waals surface area contributed by atoms with E-state index in [4.69, 9.17) is 0 Å². The third kappa shape index (κ3) is 4.25. The molecule has 0 bridgehead atoms. The first kappa shape index (κ1) is 19.4. The van der Waals surface area contributed by atoms with E-state index in [-0.39, 0.29) is 12.5 Å². The fourth-order valence-corrected chi connectivity index (χ4v) is 4.12. The van der Waals surface area contributed by atoms with Crippen molar-refractivity contribution < 1.29 is 4.79 Å². The van der Waals surface area contributed by atoms with Crippen LogP contribution in [0.3, 0.4) is 0 Å². The zero-order valence-electron chi connectivity index (χ0n) is 15.4. The van der Waals surface area contributed by atoms with Gasteiger partial charge in [0.1, 0.15) is 11.6 Å². The van der Waals surface area contributed by atoms with Crippen molar-refractivity contribution in [3.05, 3.63) is 81.4 Å². The number of carbonyl (C=O) groups excluding carboxylic acids is 1.